The van der Waals surface area contributed by atoms with Gasteiger partial charge in [0.2, 0.25) is 5.91 Å². The van der Waals surface area contributed by atoms with Gasteiger partial charge in [0, 0.05) is 18.1 Å². The SMILES string of the molecule is Cc1cc(OCc2nnc(SCC(=O)NC3CCCC3)n2C)ccc1Cl. The number of aromatic nitrogens is 3. The summed E-state index contributed by atoms with van der Waals surface area (Å²) in [5, 5.41) is 12.8. The average Bonchev–Trinajstić information content (AvgIpc) is 3.24. The Kier molecular flexibility index (Phi) is 6.43. The number of hydrogen-bond acceptors (Lipinski definition) is 5. The second kappa shape index (κ2) is 8.77. The number of benzene rings is 1. The number of aryl methyl sites for hydroxylation is 1. The third-order valence-corrected chi connectivity index (χ3v) is 5.92. The molecular weight excluding hydrogens is 372 g/mol. The highest BCUT2D eigenvalue weighted by atomic mass is 35.5. The van der Waals surface area contributed by atoms with Gasteiger partial charge in [-0.05, 0) is 43.5 Å². The Morgan fingerprint density at radius 2 is 2.15 bits per heavy atom. The quantitative estimate of drug-likeness (QED) is 0.728. The fourth-order valence-corrected chi connectivity index (χ4v) is 3.78. The number of amides is 1. The van der Waals surface area contributed by atoms with Crippen molar-refractivity contribution < 1.29 is 9.53 Å². The van der Waals surface area contributed by atoms with Crippen LogP contribution in [0.3, 0.4) is 0 Å². The van der Waals surface area contributed by atoms with Crippen LogP contribution in [-0.2, 0) is 18.4 Å². The molecule has 1 aliphatic rings. The van der Waals surface area contributed by atoms with E-state index in [2.05, 4.69) is 15.5 Å². The van der Waals surface area contributed by atoms with Gasteiger partial charge in [-0.25, -0.2) is 0 Å². The number of carbonyl (C=O) groups excluding carboxylic acids is 1. The molecule has 1 aromatic heterocycles. The highest BCUT2D eigenvalue weighted by Crippen LogP contribution is 2.22. The highest BCUT2D eigenvalue weighted by molar-refractivity contribution is 7.99. The number of nitrogens with one attached hydrogen (secondary N) is 1. The zero-order valence-corrected chi connectivity index (χ0v) is 16.6. The summed E-state index contributed by atoms with van der Waals surface area (Å²) in [6.45, 7) is 2.24. The number of rotatable bonds is 7. The van der Waals surface area contributed by atoms with Crippen LogP contribution in [0.5, 0.6) is 5.75 Å². The number of ether oxygens (including phenoxy) is 1. The fourth-order valence-electron chi connectivity index (χ4n) is 2.92. The number of halogens is 1. The Morgan fingerprint density at radius 1 is 1.38 bits per heavy atom. The summed E-state index contributed by atoms with van der Waals surface area (Å²) in [7, 11) is 1.88. The first kappa shape index (κ1) is 19.0. The van der Waals surface area contributed by atoms with Crippen LogP contribution in [0.4, 0.5) is 0 Å². The second-order valence-electron chi connectivity index (χ2n) is 6.50. The third-order valence-electron chi connectivity index (χ3n) is 4.48. The summed E-state index contributed by atoms with van der Waals surface area (Å²) < 4.78 is 7.62. The van der Waals surface area contributed by atoms with E-state index in [9.17, 15) is 4.79 Å². The van der Waals surface area contributed by atoms with Crippen molar-refractivity contribution in [3.05, 3.63) is 34.6 Å². The largest absolute Gasteiger partial charge is 0.486 e. The molecule has 1 fully saturated rings. The van der Waals surface area contributed by atoms with Crippen LogP contribution >= 0.6 is 23.4 Å². The Labute approximate surface area is 162 Å². The fraction of sp³-hybridized carbons (Fsp3) is 0.500. The lowest BCUT2D eigenvalue weighted by Crippen LogP contribution is -2.33. The van der Waals surface area contributed by atoms with Crippen molar-refractivity contribution in [1.29, 1.82) is 0 Å². The van der Waals surface area contributed by atoms with E-state index < -0.39 is 0 Å². The van der Waals surface area contributed by atoms with E-state index in [0.717, 1.165) is 24.2 Å². The van der Waals surface area contributed by atoms with Gasteiger partial charge in [0.15, 0.2) is 11.0 Å². The van der Waals surface area contributed by atoms with E-state index >= 15 is 0 Å². The molecule has 1 amide bonds. The smallest absolute Gasteiger partial charge is 0.230 e. The number of carbonyl (C=O) groups is 1. The summed E-state index contributed by atoms with van der Waals surface area (Å²) in [4.78, 5) is 12.0. The zero-order valence-electron chi connectivity index (χ0n) is 15.0. The molecule has 3 rings (SSSR count). The van der Waals surface area contributed by atoms with Crippen LogP contribution < -0.4 is 10.1 Å². The molecule has 1 saturated carbocycles. The van der Waals surface area contributed by atoms with Crippen LogP contribution in [0.2, 0.25) is 5.02 Å². The van der Waals surface area contributed by atoms with E-state index in [0.29, 0.717) is 34.4 Å². The van der Waals surface area contributed by atoms with Crippen molar-refractivity contribution >= 4 is 29.3 Å². The van der Waals surface area contributed by atoms with Crippen molar-refractivity contribution in [3.8, 4) is 5.75 Å². The monoisotopic (exact) mass is 394 g/mol. The molecule has 6 nitrogen and oxygen atoms in total. The lowest BCUT2D eigenvalue weighted by molar-refractivity contribution is -0.119. The van der Waals surface area contributed by atoms with E-state index in [-0.39, 0.29) is 5.91 Å². The van der Waals surface area contributed by atoms with Gasteiger partial charge in [-0.3, -0.25) is 4.79 Å². The third kappa shape index (κ3) is 4.92. The van der Waals surface area contributed by atoms with Crippen molar-refractivity contribution in [3.63, 3.8) is 0 Å². The Bertz CT molecular complexity index is 775. The van der Waals surface area contributed by atoms with Gasteiger partial charge in [-0.1, -0.05) is 36.2 Å². The van der Waals surface area contributed by atoms with Crippen LogP contribution in [0, 0.1) is 6.92 Å². The molecule has 0 atom stereocenters. The van der Waals surface area contributed by atoms with Crippen molar-refractivity contribution in [1.82, 2.24) is 20.1 Å². The predicted molar refractivity (Wildman–Crippen MR) is 103 cm³/mol. The van der Waals surface area contributed by atoms with Gasteiger partial charge in [0.05, 0.1) is 5.75 Å². The van der Waals surface area contributed by atoms with Crippen molar-refractivity contribution in [2.75, 3.05) is 5.75 Å². The van der Waals surface area contributed by atoms with Gasteiger partial charge < -0.3 is 14.6 Å². The van der Waals surface area contributed by atoms with E-state index in [1.165, 1.54) is 24.6 Å². The number of nitrogens with zero attached hydrogens (tertiary/aromatic N) is 3. The Balaban J connectivity index is 1.50. The minimum Gasteiger partial charge on any atom is -0.486 e. The molecule has 0 bridgehead atoms. The molecule has 8 heteroatoms. The van der Waals surface area contributed by atoms with E-state index in [1.807, 2.05) is 36.7 Å². The summed E-state index contributed by atoms with van der Waals surface area (Å²) >= 11 is 7.41. The maximum Gasteiger partial charge on any atom is 0.230 e. The maximum absolute atomic E-state index is 12.0. The normalized spacial score (nSPS) is 14.6. The summed E-state index contributed by atoms with van der Waals surface area (Å²) in [5.74, 6) is 1.84. The van der Waals surface area contributed by atoms with Gasteiger partial charge in [0.25, 0.3) is 0 Å². The molecule has 140 valence electrons. The number of thioether (sulfide) groups is 1. The second-order valence-corrected chi connectivity index (χ2v) is 7.84. The molecule has 0 aliphatic heterocycles. The molecule has 0 unspecified atom stereocenters. The molecule has 1 heterocycles. The Hall–Kier alpha value is -1.73. The molecule has 0 spiro atoms. The highest BCUT2D eigenvalue weighted by Gasteiger charge is 2.18. The summed E-state index contributed by atoms with van der Waals surface area (Å²) in [6, 6.07) is 5.87. The molecule has 0 radical (unpaired) electrons. The minimum absolute atomic E-state index is 0.0549. The molecule has 2 aromatic rings. The van der Waals surface area contributed by atoms with Crippen LogP contribution in [-0.4, -0.2) is 32.5 Å². The average molecular weight is 395 g/mol. The van der Waals surface area contributed by atoms with Gasteiger partial charge in [-0.2, -0.15) is 0 Å². The standard InChI is InChI=1S/C18H23ClN4O2S/c1-12-9-14(7-8-15(12)19)25-10-16-21-22-18(23(16)2)26-11-17(24)20-13-5-3-4-6-13/h7-9,13H,3-6,10-11H2,1-2H3,(H,20,24). The molecule has 1 aromatic carbocycles. The van der Waals surface area contributed by atoms with Crippen molar-refractivity contribution in [2.45, 2.75) is 50.4 Å². The van der Waals surface area contributed by atoms with Gasteiger partial charge in [-0.15, -0.1) is 10.2 Å². The molecule has 1 aliphatic carbocycles. The Morgan fingerprint density at radius 3 is 2.88 bits per heavy atom. The molecular formula is C18H23ClN4O2S. The topological polar surface area (TPSA) is 69.0 Å². The lowest BCUT2D eigenvalue weighted by Gasteiger charge is -2.11. The first-order valence-corrected chi connectivity index (χ1v) is 10.1. The lowest BCUT2D eigenvalue weighted by atomic mass is 10.2. The molecule has 1 N–H and O–H groups in total. The van der Waals surface area contributed by atoms with E-state index in [4.69, 9.17) is 16.3 Å². The zero-order chi connectivity index (χ0) is 18.5. The first-order valence-electron chi connectivity index (χ1n) is 8.72. The molecule has 26 heavy (non-hydrogen) atoms. The van der Waals surface area contributed by atoms with Gasteiger partial charge in [0.1, 0.15) is 12.4 Å². The van der Waals surface area contributed by atoms with Crippen molar-refractivity contribution in [2.24, 2.45) is 7.05 Å². The first-order chi connectivity index (χ1) is 12.5. The minimum atomic E-state index is 0.0549. The summed E-state index contributed by atoms with van der Waals surface area (Å²) in [6.07, 6.45) is 4.59. The molecule has 0 saturated heterocycles. The van der Waals surface area contributed by atoms with Crippen LogP contribution in [0.1, 0.15) is 37.1 Å². The maximum atomic E-state index is 12.0. The van der Waals surface area contributed by atoms with E-state index in [1.54, 1.807) is 0 Å². The van der Waals surface area contributed by atoms with Gasteiger partial charge >= 0.3 is 0 Å². The van der Waals surface area contributed by atoms with Crippen LogP contribution in [0.25, 0.3) is 0 Å². The predicted octanol–water partition coefficient (Wildman–Crippen LogP) is 3.51. The number of hydrogen-bond donors (Lipinski definition) is 1. The van der Waals surface area contributed by atoms with Crippen LogP contribution in [0.15, 0.2) is 23.4 Å². The summed E-state index contributed by atoms with van der Waals surface area (Å²) in [5.41, 5.74) is 0.964.